The van der Waals surface area contributed by atoms with Crippen molar-refractivity contribution in [1.29, 1.82) is 0 Å². The van der Waals surface area contributed by atoms with Crippen molar-refractivity contribution in [2.24, 2.45) is 5.92 Å². The molecular weight excluding hydrogens is 333 g/mol. The summed E-state index contributed by atoms with van der Waals surface area (Å²) in [6.45, 7) is 6.17. The van der Waals surface area contributed by atoms with Crippen molar-refractivity contribution in [2.45, 2.75) is 44.8 Å². The van der Waals surface area contributed by atoms with Gasteiger partial charge in [0.1, 0.15) is 5.82 Å². The Morgan fingerprint density at radius 3 is 2.85 bits per heavy atom. The van der Waals surface area contributed by atoms with Crippen LogP contribution in [0.1, 0.15) is 44.8 Å². The van der Waals surface area contributed by atoms with E-state index in [4.69, 9.17) is 0 Å². The number of nitrogens with one attached hydrogen (secondary N) is 1. The molecule has 0 radical (unpaired) electrons. The molecule has 2 rings (SSSR count). The maximum atomic E-state index is 13.3. The molecule has 0 aliphatic carbocycles. The number of halogens is 1. The van der Waals surface area contributed by atoms with Crippen LogP contribution in [0.2, 0.25) is 0 Å². The highest BCUT2D eigenvalue weighted by molar-refractivity contribution is 5.73. The normalized spacial score (nSPS) is 19.3. The van der Waals surface area contributed by atoms with Gasteiger partial charge in [0.05, 0.1) is 6.10 Å². The Kier molecular flexibility index (Phi) is 7.01. The minimum Gasteiger partial charge on any atom is -0.387 e. The number of amides is 2. The van der Waals surface area contributed by atoms with E-state index in [9.17, 15) is 14.3 Å². The molecule has 1 saturated heterocycles. The zero-order valence-electron chi connectivity index (χ0n) is 16.3. The molecular formula is C20H32FN3O2. The number of aliphatic hydroxyl groups excluding tert-OH is 1. The summed E-state index contributed by atoms with van der Waals surface area (Å²) >= 11 is 0. The molecule has 1 fully saturated rings. The van der Waals surface area contributed by atoms with E-state index in [1.165, 1.54) is 12.1 Å². The molecule has 2 amide bonds. The van der Waals surface area contributed by atoms with Gasteiger partial charge in [-0.2, -0.15) is 0 Å². The van der Waals surface area contributed by atoms with Crippen molar-refractivity contribution in [2.75, 3.05) is 33.7 Å². The Bertz CT molecular complexity index is 606. The molecule has 6 heteroatoms. The Hall–Kier alpha value is -1.66. The van der Waals surface area contributed by atoms with Crippen LogP contribution < -0.4 is 5.32 Å². The molecule has 146 valence electrons. The zero-order chi connectivity index (χ0) is 19.3. The van der Waals surface area contributed by atoms with Crippen molar-refractivity contribution < 1.29 is 14.3 Å². The van der Waals surface area contributed by atoms with E-state index >= 15 is 0 Å². The Morgan fingerprint density at radius 1 is 1.46 bits per heavy atom. The van der Waals surface area contributed by atoms with Crippen LogP contribution in [-0.4, -0.2) is 60.2 Å². The summed E-state index contributed by atoms with van der Waals surface area (Å²) in [7, 11) is 3.57. The minimum absolute atomic E-state index is 0.0713. The lowest BCUT2D eigenvalue weighted by Gasteiger charge is -2.38. The van der Waals surface area contributed by atoms with E-state index in [-0.39, 0.29) is 17.4 Å². The smallest absolute Gasteiger partial charge is 0.319 e. The fourth-order valence-corrected chi connectivity index (χ4v) is 3.69. The number of likely N-dealkylation sites (tertiary alicyclic amines) is 1. The zero-order valence-corrected chi connectivity index (χ0v) is 16.3. The molecule has 0 spiro atoms. The predicted molar refractivity (Wildman–Crippen MR) is 101 cm³/mol. The lowest BCUT2D eigenvalue weighted by Crippen LogP contribution is -2.48. The van der Waals surface area contributed by atoms with Gasteiger partial charge < -0.3 is 20.2 Å². The Balaban J connectivity index is 1.86. The molecule has 1 heterocycles. The molecule has 2 atom stereocenters. The summed E-state index contributed by atoms with van der Waals surface area (Å²) < 4.78 is 13.3. The molecule has 0 aromatic heterocycles. The Morgan fingerprint density at radius 2 is 2.19 bits per heavy atom. The maximum Gasteiger partial charge on any atom is 0.319 e. The molecule has 26 heavy (non-hydrogen) atoms. The molecule has 0 bridgehead atoms. The van der Waals surface area contributed by atoms with Gasteiger partial charge in [0.25, 0.3) is 0 Å². The van der Waals surface area contributed by atoms with E-state index in [1.807, 2.05) is 4.90 Å². The summed E-state index contributed by atoms with van der Waals surface area (Å²) in [5.41, 5.74) is 0.400. The van der Waals surface area contributed by atoms with Crippen molar-refractivity contribution in [3.8, 4) is 0 Å². The van der Waals surface area contributed by atoms with Crippen LogP contribution >= 0.6 is 0 Å². The summed E-state index contributed by atoms with van der Waals surface area (Å²) in [4.78, 5) is 15.7. The molecule has 5 nitrogen and oxygen atoms in total. The van der Waals surface area contributed by atoms with E-state index in [0.717, 1.165) is 32.4 Å². The first kappa shape index (κ1) is 20.6. The Labute approximate surface area is 156 Å². The molecule has 1 aliphatic heterocycles. The average molecular weight is 365 g/mol. The molecule has 2 N–H and O–H groups in total. The van der Waals surface area contributed by atoms with Gasteiger partial charge >= 0.3 is 6.03 Å². The van der Waals surface area contributed by atoms with E-state index in [0.29, 0.717) is 18.0 Å². The highest BCUT2D eigenvalue weighted by Gasteiger charge is 2.29. The van der Waals surface area contributed by atoms with Crippen LogP contribution in [-0.2, 0) is 0 Å². The minimum atomic E-state index is -0.747. The number of hydrogen-bond acceptors (Lipinski definition) is 3. The number of benzene rings is 1. The number of urea groups is 1. The van der Waals surface area contributed by atoms with Crippen LogP contribution in [0.15, 0.2) is 24.3 Å². The lowest BCUT2D eigenvalue weighted by molar-refractivity contribution is 0.123. The van der Waals surface area contributed by atoms with Crippen LogP contribution in [0, 0.1) is 11.7 Å². The second-order valence-electron chi connectivity index (χ2n) is 8.17. The highest BCUT2D eigenvalue weighted by atomic mass is 19.1. The van der Waals surface area contributed by atoms with Crippen LogP contribution in [0.5, 0.6) is 0 Å². The number of β-amino-alcohol motifs (C(OH)–C–C–N with tert-alkyl or cyclic N) is 1. The largest absolute Gasteiger partial charge is 0.387 e. The van der Waals surface area contributed by atoms with E-state index in [2.05, 4.69) is 19.2 Å². The van der Waals surface area contributed by atoms with Gasteiger partial charge in [-0.05, 0) is 56.7 Å². The number of nitrogens with zero attached hydrogens (tertiary/aromatic N) is 2. The molecule has 1 aromatic rings. The maximum absolute atomic E-state index is 13.3. The van der Waals surface area contributed by atoms with Gasteiger partial charge in [-0.3, -0.25) is 0 Å². The van der Waals surface area contributed by atoms with Gasteiger partial charge in [-0.1, -0.05) is 12.1 Å². The van der Waals surface area contributed by atoms with Crippen molar-refractivity contribution in [3.63, 3.8) is 0 Å². The second kappa shape index (κ2) is 8.82. The monoisotopic (exact) mass is 365 g/mol. The van der Waals surface area contributed by atoms with Gasteiger partial charge in [0, 0.05) is 39.3 Å². The number of rotatable bonds is 6. The van der Waals surface area contributed by atoms with Crippen LogP contribution in [0.4, 0.5) is 9.18 Å². The third kappa shape index (κ3) is 5.95. The second-order valence-corrected chi connectivity index (χ2v) is 8.17. The molecule has 1 aromatic carbocycles. The van der Waals surface area contributed by atoms with Crippen molar-refractivity contribution in [1.82, 2.24) is 15.1 Å². The lowest BCUT2D eigenvalue weighted by atomic mass is 9.85. The van der Waals surface area contributed by atoms with Crippen LogP contribution in [0.25, 0.3) is 0 Å². The van der Waals surface area contributed by atoms with Crippen molar-refractivity contribution >= 4 is 6.03 Å². The third-order valence-corrected chi connectivity index (χ3v) is 4.98. The predicted octanol–water partition coefficient (Wildman–Crippen LogP) is 3.01. The molecule has 0 unspecified atom stereocenters. The SMILES string of the molecule is CN(C)C(=O)N1CCC[C@@H](CC(C)(C)NC[C@H](O)c2cccc(F)c2)C1. The first-order chi connectivity index (χ1) is 12.2. The number of aliphatic hydroxyl groups is 1. The van der Waals surface area contributed by atoms with Crippen LogP contribution in [0.3, 0.4) is 0 Å². The first-order valence-electron chi connectivity index (χ1n) is 9.33. The molecule has 1 aliphatic rings. The van der Waals surface area contributed by atoms with E-state index < -0.39 is 6.10 Å². The molecule has 0 saturated carbocycles. The summed E-state index contributed by atoms with van der Waals surface area (Å²) in [5.74, 6) is 0.0927. The summed E-state index contributed by atoms with van der Waals surface area (Å²) in [5, 5.41) is 13.7. The third-order valence-electron chi connectivity index (χ3n) is 4.98. The average Bonchev–Trinajstić information content (AvgIpc) is 2.58. The summed E-state index contributed by atoms with van der Waals surface area (Å²) in [6.07, 6.45) is 2.30. The van der Waals surface area contributed by atoms with Gasteiger partial charge in [-0.15, -0.1) is 0 Å². The number of piperidine rings is 1. The summed E-state index contributed by atoms with van der Waals surface area (Å²) in [6, 6.07) is 6.15. The van der Waals surface area contributed by atoms with Crippen molar-refractivity contribution in [3.05, 3.63) is 35.6 Å². The fraction of sp³-hybridized carbons (Fsp3) is 0.650. The number of carbonyl (C=O) groups is 1. The quantitative estimate of drug-likeness (QED) is 0.815. The van der Waals surface area contributed by atoms with Gasteiger partial charge in [0.15, 0.2) is 0 Å². The number of carbonyl (C=O) groups excluding carboxylic acids is 1. The van der Waals surface area contributed by atoms with E-state index in [1.54, 1.807) is 31.1 Å². The van der Waals surface area contributed by atoms with Gasteiger partial charge in [0.2, 0.25) is 0 Å². The first-order valence-corrected chi connectivity index (χ1v) is 9.33. The number of hydrogen-bond donors (Lipinski definition) is 2. The van der Waals surface area contributed by atoms with Gasteiger partial charge in [-0.25, -0.2) is 9.18 Å². The standard InChI is InChI=1S/C20H32FN3O2/c1-20(2,22-13-18(25)16-8-5-9-17(21)11-16)12-15-7-6-10-24(14-15)19(26)23(3)4/h5,8-9,11,15,18,22,25H,6-7,10,12-14H2,1-4H3/t15-,18-/m0/s1. The highest BCUT2D eigenvalue weighted by Crippen LogP contribution is 2.26. The fourth-order valence-electron chi connectivity index (χ4n) is 3.69. The topological polar surface area (TPSA) is 55.8 Å².